The Labute approximate surface area is 104 Å². The van der Waals surface area contributed by atoms with E-state index >= 15 is 0 Å². The zero-order valence-corrected chi connectivity index (χ0v) is 9.72. The number of aromatic nitrogens is 1. The lowest BCUT2D eigenvalue weighted by Gasteiger charge is -2.14. The molecule has 19 heavy (non-hydrogen) atoms. The van der Waals surface area contributed by atoms with E-state index in [1.54, 1.807) is 0 Å². The number of esters is 1. The predicted octanol–water partition coefficient (Wildman–Crippen LogP) is 2.83. The molecular formula is C10H8F5NO3. The van der Waals surface area contributed by atoms with Gasteiger partial charge in [-0.25, -0.2) is 18.6 Å². The Morgan fingerprint density at radius 1 is 1.32 bits per heavy atom. The highest BCUT2D eigenvalue weighted by Crippen LogP contribution is 2.36. The molecule has 0 aromatic carbocycles. The smallest absolute Gasteiger partial charge is 0.433 e. The fraction of sp³-hybridized carbons (Fsp3) is 0.400. The van der Waals surface area contributed by atoms with Crippen molar-refractivity contribution in [1.82, 2.24) is 4.98 Å². The Bertz CT molecular complexity index is 487. The van der Waals surface area contributed by atoms with Crippen LogP contribution >= 0.6 is 0 Å². The van der Waals surface area contributed by atoms with Gasteiger partial charge in [0, 0.05) is 6.07 Å². The largest absolute Gasteiger partial charge is 0.496 e. The Balaban J connectivity index is 3.58. The second-order valence-corrected chi connectivity index (χ2v) is 3.26. The molecule has 1 rings (SSSR count). The van der Waals surface area contributed by atoms with Gasteiger partial charge in [-0.05, 0) is 0 Å². The van der Waals surface area contributed by atoms with Crippen LogP contribution in [0.3, 0.4) is 0 Å². The monoisotopic (exact) mass is 285 g/mol. The molecule has 1 aromatic rings. The first-order valence-electron chi connectivity index (χ1n) is 4.75. The second kappa shape index (κ2) is 5.37. The number of methoxy groups -OCH3 is 2. The number of halogens is 5. The van der Waals surface area contributed by atoms with Crippen LogP contribution in [-0.2, 0) is 10.9 Å². The van der Waals surface area contributed by atoms with Crippen LogP contribution < -0.4 is 4.74 Å². The van der Waals surface area contributed by atoms with E-state index in [1.807, 2.05) is 0 Å². The average molecular weight is 285 g/mol. The van der Waals surface area contributed by atoms with E-state index in [0.29, 0.717) is 6.07 Å². The van der Waals surface area contributed by atoms with Crippen molar-refractivity contribution >= 4 is 5.97 Å². The number of pyridine rings is 1. The van der Waals surface area contributed by atoms with Gasteiger partial charge in [-0.2, -0.15) is 13.2 Å². The van der Waals surface area contributed by atoms with Crippen LogP contribution in [0.2, 0.25) is 0 Å². The zero-order chi connectivity index (χ0) is 14.8. The van der Waals surface area contributed by atoms with E-state index in [4.69, 9.17) is 0 Å². The van der Waals surface area contributed by atoms with Gasteiger partial charge in [0.1, 0.15) is 22.7 Å². The topological polar surface area (TPSA) is 48.4 Å². The Kier molecular flexibility index (Phi) is 4.28. The minimum absolute atomic E-state index is 0.359. The van der Waals surface area contributed by atoms with Crippen molar-refractivity contribution in [2.75, 3.05) is 14.2 Å². The molecule has 0 spiro atoms. The quantitative estimate of drug-likeness (QED) is 0.633. The Morgan fingerprint density at radius 2 is 1.89 bits per heavy atom. The molecule has 1 aromatic heterocycles. The maximum atomic E-state index is 12.7. The van der Waals surface area contributed by atoms with Crippen LogP contribution in [0, 0.1) is 0 Å². The van der Waals surface area contributed by atoms with Gasteiger partial charge in [0.15, 0.2) is 0 Å². The lowest BCUT2D eigenvalue weighted by atomic mass is 10.1. The molecule has 0 saturated heterocycles. The van der Waals surface area contributed by atoms with Crippen LogP contribution in [0.1, 0.15) is 28.2 Å². The number of hydrogen-bond donors (Lipinski definition) is 0. The first-order chi connectivity index (χ1) is 8.72. The summed E-state index contributed by atoms with van der Waals surface area (Å²) in [5.41, 5.74) is -3.74. The fourth-order valence-electron chi connectivity index (χ4n) is 1.31. The standard InChI is InChI=1S/C10H8F5NO3/c1-18-4-3-5(10(13,14)15)16-7(8(11)12)6(4)9(17)19-2/h3,8H,1-2H3. The summed E-state index contributed by atoms with van der Waals surface area (Å²) in [5, 5.41) is 0. The number of carbonyl (C=O) groups excluding carboxylic acids is 1. The molecule has 106 valence electrons. The van der Waals surface area contributed by atoms with Gasteiger partial charge in [-0.1, -0.05) is 0 Å². The summed E-state index contributed by atoms with van der Waals surface area (Å²) in [5.74, 6) is -1.93. The number of ether oxygens (including phenoxy) is 2. The maximum absolute atomic E-state index is 12.7. The van der Waals surface area contributed by atoms with E-state index in [0.717, 1.165) is 14.2 Å². The Morgan fingerprint density at radius 3 is 2.26 bits per heavy atom. The molecule has 0 unspecified atom stereocenters. The highest BCUT2D eigenvalue weighted by Gasteiger charge is 2.37. The number of rotatable bonds is 3. The molecule has 0 aliphatic heterocycles. The second-order valence-electron chi connectivity index (χ2n) is 3.26. The summed E-state index contributed by atoms with van der Waals surface area (Å²) in [6.07, 6.45) is -8.32. The molecule has 0 fully saturated rings. The first-order valence-corrected chi connectivity index (χ1v) is 4.75. The minimum Gasteiger partial charge on any atom is -0.496 e. The highest BCUT2D eigenvalue weighted by molar-refractivity contribution is 5.93. The normalized spacial score (nSPS) is 11.6. The molecular weight excluding hydrogens is 277 g/mol. The average Bonchev–Trinajstić information content (AvgIpc) is 2.34. The molecule has 0 atom stereocenters. The molecule has 0 N–H and O–H groups in total. The summed E-state index contributed by atoms with van der Waals surface area (Å²) < 4.78 is 71.6. The van der Waals surface area contributed by atoms with Crippen LogP contribution in [0.15, 0.2) is 6.07 Å². The summed E-state index contributed by atoms with van der Waals surface area (Å²) >= 11 is 0. The van der Waals surface area contributed by atoms with Crippen LogP contribution in [-0.4, -0.2) is 25.2 Å². The van der Waals surface area contributed by atoms with E-state index in [1.165, 1.54) is 0 Å². The van der Waals surface area contributed by atoms with Gasteiger partial charge in [-0.3, -0.25) is 0 Å². The molecule has 0 bridgehead atoms. The van der Waals surface area contributed by atoms with Crippen molar-refractivity contribution in [3.8, 4) is 5.75 Å². The fourth-order valence-corrected chi connectivity index (χ4v) is 1.31. The third-order valence-electron chi connectivity index (χ3n) is 2.12. The molecule has 1 heterocycles. The van der Waals surface area contributed by atoms with E-state index in [-0.39, 0.29) is 0 Å². The van der Waals surface area contributed by atoms with Gasteiger partial charge in [0.05, 0.1) is 14.2 Å². The molecule has 0 amide bonds. The summed E-state index contributed by atoms with van der Waals surface area (Å²) in [4.78, 5) is 14.1. The number of nitrogens with zero attached hydrogens (tertiary/aromatic N) is 1. The van der Waals surface area contributed by atoms with Crippen molar-refractivity contribution in [2.45, 2.75) is 12.6 Å². The SMILES string of the molecule is COC(=O)c1c(OC)cc(C(F)(F)F)nc1C(F)F. The molecule has 4 nitrogen and oxygen atoms in total. The number of alkyl halides is 5. The van der Waals surface area contributed by atoms with Crippen LogP contribution in [0.5, 0.6) is 5.75 Å². The number of hydrogen-bond acceptors (Lipinski definition) is 4. The minimum atomic E-state index is -4.94. The molecule has 0 radical (unpaired) electrons. The van der Waals surface area contributed by atoms with Gasteiger partial charge in [-0.15, -0.1) is 0 Å². The van der Waals surface area contributed by atoms with Crippen molar-refractivity contribution in [3.05, 3.63) is 23.0 Å². The lowest BCUT2D eigenvalue weighted by molar-refractivity contribution is -0.141. The van der Waals surface area contributed by atoms with Crippen LogP contribution in [0.4, 0.5) is 22.0 Å². The van der Waals surface area contributed by atoms with Gasteiger partial charge in [0.2, 0.25) is 0 Å². The maximum Gasteiger partial charge on any atom is 0.433 e. The van der Waals surface area contributed by atoms with Gasteiger partial charge < -0.3 is 9.47 Å². The molecule has 0 aliphatic carbocycles. The third kappa shape index (κ3) is 3.09. The Hall–Kier alpha value is -1.93. The lowest BCUT2D eigenvalue weighted by Crippen LogP contribution is -2.16. The van der Waals surface area contributed by atoms with E-state index < -0.39 is 41.3 Å². The zero-order valence-electron chi connectivity index (χ0n) is 9.72. The first kappa shape index (κ1) is 15.1. The van der Waals surface area contributed by atoms with E-state index in [2.05, 4.69) is 14.5 Å². The molecule has 0 saturated carbocycles. The van der Waals surface area contributed by atoms with Crippen LogP contribution in [0.25, 0.3) is 0 Å². The van der Waals surface area contributed by atoms with Gasteiger partial charge >= 0.3 is 12.1 Å². The molecule has 9 heteroatoms. The van der Waals surface area contributed by atoms with Crippen molar-refractivity contribution in [2.24, 2.45) is 0 Å². The number of carbonyl (C=O) groups is 1. The van der Waals surface area contributed by atoms with Gasteiger partial charge in [0.25, 0.3) is 6.43 Å². The van der Waals surface area contributed by atoms with Crippen molar-refractivity contribution in [3.63, 3.8) is 0 Å². The predicted molar refractivity (Wildman–Crippen MR) is 52.1 cm³/mol. The van der Waals surface area contributed by atoms with E-state index in [9.17, 15) is 26.7 Å². The summed E-state index contributed by atoms with van der Waals surface area (Å²) in [6, 6.07) is 0.359. The third-order valence-corrected chi connectivity index (χ3v) is 2.12. The summed E-state index contributed by atoms with van der Waals surface area (Å²) in [6.45, 7) is 0. The highest BCUT2D eigenvalue weighted by atomic mass is 19.4. The van der Waals surface area contributed by atoms with Crippen molar-refractivity contribution < 1.29 is 36.2 Å². The summed E-state index contributed by atoms with van der Waals surface area (Å²) in [7, 11) is 1.84. The van der Waals surface area contributed by atoms with Crippen molar-refractivity contribution in [1.29, 1.82) is 0 Å². The molecule has 0 aliphatic rings.